The third-order valence-electron chi connectivity index (χ3n) is 5.05. The number of hydrogen-bond donors (Lipinski definition) is 0. The van der Waals surface area contributed by atoms with Gasteiger partial charge in [0.25, 0.3) is 0 Å². The van der Waals surface area contributed by atoms with Crippen molar-refractivity contribution >= 4 is 11.9 Å². The number of amides is 1. The van der Waals surface area contributed by atoms with E-state index in [1.165, 1.54) is 18.2 Å². The molecule has 27 heavy (non-hydrogen) atoms. The normalized spacial score (nSPS) is 21.5. The van der Waals surface area contributed by atoms with Crippen LogP contribution in [0.25, 0.3) is 0 Å². The van der Waals surface area contributed by atoms with Crippen molar-refractivity contribution in [2.45, 2.75) is 31.5 Å². The van der Waals surface area contributed by atoms with Gasteiger partial charge in [-0.1, -0.05) is 30.3 Å². The summed E-state index contributed by atoms with van der Waals surface area (Å²) in [7, 11) is 0. The zero-order valence-electron chi connectivity index (χ0n) is 14.8. The second-order valence-corrected chi connectivity index (χ2v) is 7.09. The van der Waals surface area contributed by atoms with Gasteiger partial charge in [-0.25, -0.2) is 9.18 Å². The van der Waals surface area contributed by atoms with Crippen LogP contribution in [0.5, 0.6) is 5.75 Å². The number of halogens is 1. The SMILES string of the molecule is O=C1CC2(CCCN(C(=O)OCc3ccccc3)C2)Oc2ccc(F)cc21. The summed E-state index contributed by atoms with van der Waals surface area (Å²) in [6.45, 7) is 1.04. The molecular formula is C21H20FNO4. The average molecular weight is 369 g/mol. The first-order valence-electron chi connectivity index (χ1n) is 9.02. The molecule has 1 unspecified atom stereocenters. The van der Waals surface area contributed by atoms with E-state index in [0.29, 0.717) is 25.1 Å². The Bertz CT molecular complexity index is 870. The summed E-state index contributed by atoms with van der Waals surface area (Å²) in [6, 6.07) is 13.4. The third-order valence-corrected chi connectivity index (χ3v) is 5.05. The number of ketones is 1. The second kappa shape index (κ2) is 7.02. The van der Waals surface area contributed by atoms with E-state index in [1.807, 2.05) is 30.3 Å². The molecule has 2 heterocycles. The van der Waals surface area contributed by atoms with Crippen LogP contribution >= 0.6 is 0 Å². The quantitative estimate of drug-likeness (QED) is 0.804. The lowest BCUT2D eigenvalue weighted by atomic mass is 9.83. The highest BCUT2D eigenvalue weighted by Gasteiger charge is 2.45. The molecule has 6 heteroatoms. The molecule has 0 bridgehead atoms. The van der Waals surface area contributed by atoms with Gasteiger partial charge in [-0.2, -0.15) is 0 Å². The number of hydrogen-bond acceptors (Lipinski definition) is 4. The van der Waals surface area contributed by atoms with Crippen molar-refractivity contribution in [3.63, 3.8) is 0 Å². The lowest BCUT2D eigenvalue weighted by Crippen LogP contribution is -2.56. The summed E-state index contributed by atoms with van der Waals surface area (Å²) in [5.41, 5.74) is 0.411. The second-order valence-electron chi connectivity index (χ2n) is 7.09. The fourth-order valence-corrected chi connectivity index (χ4v) is 3.76. The van der Waals surface area contributed by atoms with Gasteiger partial charge >= 0.3 is 6.09 Å². The van der Waals surface area contributed by atoms with Crippen molar-refractivity contribution < 1.29 is 23.5 Å². The molecule has 1 spiro atoms. The van der Waals surface area contributed by atoms with Crippen molar-refractivity contribution in [1.29, 1.82) is 0 Å². The lowest BCUT2D eigenvalue weighted by Gasteiger charge is -2.44. The summed E-state index contributed by atoms with van der Waals surface area (Å²) in [6.07, 6.45) is 1.09. The van der Waals surface area contributed by atoms with Gasteiger partial charge in [-0.05, 0) is 36.6 Å². The first-order valence-corrected chi connectivity index (χ1v) is 9.02. The van der Waals surface area contributed by atoms with Crippen LogP contribution in [-0.4, -0.2) is 35.5 Å². The number of nitrogens with zero attached hydrogens (tertiary/aromatic N) is 1. The summed E-state index contributed by atoms with van der Waals surface area (Å²) < 4.78 is 24.9. The minimum Gasteiger partial charge on any atom is -0.484 e. The van der Waals surface area contributed by atoms with E-state index in [1.54, 1.807) is 4.90 Å². The van der Waals surface area contributed by atoms with E-state index in [-0.39, 0.29) is 30.9 Å². The molecule has 1 atom stereocenters. The number of rotatable bonds is 2. The molecule has 2 aliphatic heterocycles. The van der Waals surface area contributed by atoms with E-state index in [4.69, 9.17) is 9.47 Å². The molecule has 0 radical (unpaired) electrons. The smallest absolute Gasteiger partial charge is 0.410 e. The van der Waals surface area contributed by atoms with Crippen LogP contribution in [0, 0.1) is 5.82 Å². The van der Waals surface area contributed by atoms with Crippen molar-refractivity contribution in [1.82, 2.24) is 4.90 Å². The minimum absolute atomic E-state index is 0.131. The van der Waals surface area contributed by atoms with E-state index in [0.717, 1.165) is 5.56 Å². The maximum atomic E-state index is 13.4. The van der Waals surface area contributed by atoms with E-state index in [2.05, 4.69) is 0 Å². The summed E-state index contributed by atoms with van der Waals surface area (Å²) in [5, 5.41) is 0. The van der Waals surface area contributed by atoms with Crippen LogP contribution in [0.4, 0.5) is 9.18 Å². The van der Waals surface area contributed by atoms with Crippen LogP contribution in [0.15, 0.2) is 48.5 Å². The minimum atomic E-state index is -0.772. The average Bonchev–Trinajstić information content (AvgIpc) is 2.68. The van der Waals surface area contributed by atoms with Gasteiger partial charge in [0.2, 0.25) is 0 Å². The Labute approximate surface area is 156 Å². The molecular weight excluding hydrogens is 349 g/mol. The number of ether oxygens (including phenoxy) is 2. The molecule has 0 aromatic heterocycles. The third kappa shape index (κ3) is 3.65. The summed E-state index contributed by atoms with van der Waals surface area (Å²) in [4.78, 5) is 26.6. The van der Waals surface area contributed by atoms with Crippen molar-refractivity contribution in [2.75, 3.05) is 13.1 Å². The first-order chi connectivity index (χ1) is 13.0. The molecule has 0 saturated carbocycles. The van der Waals surface area contributed by atoms with Gasteiger partial charge in [-0.3, -0.25) is 4.79 Å². The maximum absolute atomic E-state index is 13.4. The van der Waals surface area contributed by atoms with Crippen molar-refractivity contribution in [3.8, 4) is 5.75 Å². The van der Waals surface area contributed by atoms with Gasteiger partial charge in [-0.15, -0.1) is 0 Å². The summed E-state index contributed by atoms with van der Waals surface area (Å²) >= 11 is 0. The molecule has 5 nitrogen and oxygen atoms in total. The Morgan fingerprint density at radius 3 is 2.85 bits per heavy atom. The predicted octanol–water partition coefficient (Wildman–Crippen LogP) is 3.96. The Balaban J connectivity index is 1.45. The molecule has 4 rings (SSSR count). The topological polar surface area (TPSA) is 55.8 Å². The Kier molecular flexibility index (Phi) is 4.56. The zero-order valence-corrected chi connectivity index (χ0v) is 14.8. The maximum Gasteiger partial charge on any atom is 0.410 e. The molecule has 2 aliphatic rings. The highest BCUT2D eigenvalue weighted by Crippen LogP contribution is 2.38. The van der Waals surface area contributed by atoms with Crippen LogP contribution in [0.1, 0.15) is 35.2 Å². The Morgan fingerprint density at radius 1 is 1.22 bits per heavy atom. The molecule has 1 fully saturated rings. The number of carbonyl (C=O) groups excluding carboxylic acids is 2. The van der Waals surface area contributed by atoms with Gasteiger partial charge in [0.15, 0.2) is 5.78 Å². The van der Waals surface area contributed by atoms with Gasteiger partial charge in [0.05, 0.1) is 18.5 Å². The predicted molar refractivity (Wildman–Crippen MR) is 96.1 cm³/mol. The van der Waals surface area contributed by atoms with Crippen molar-refractivity contribution in [2.24, 2.45) is 0 Å². The number of Topliss-reactive ketones (excluding diaryl/α,β-unsaturated/α-hetero) is 1. The van der Waals surface area contributed by atoms with Gasteiger partial charge < -0.3 is 14.4 Å². The Morgan fingerprint density at radius 2 is 2.04 bits per heavy atom. The van der Waals surface area contributed by atoms with E-state index in [9.17, 15) is 14.0 Å². The standard InChI is InChI=1S/C21H20FNO4/c22-16-7-8-19-17(11-16)18(24)12-21(27-19)9-4-10-23(14-21)20(25)26-13-15-5-2-1-3-6-15/h1-3,5-8,11H,4,9-10,12-14H2. The molecule has 1 saturated heterocycles. The molecule has 0 N–H and O–H groups in total. The molecule has 2 aromatic carbocycles. The van der Waals surface area contributed by atoms with E-state index >= 15 is 0 Å². The lowest BCUT2D eigenvalue weighted by molar-refractivity contribution is -0.0191. The highest BCUT2D eigenvalue weighted by molar-refractivity contribution is 6.00. The monoisotopic (exact) mass is 369 g/mol. The number of likely N-dealkylation sites (tertiary alicyclic amines) is 1. The molecule has 0 aliphatic carbocycles. The van der Waals surface area contributed by atoms with Crippen LogP contribution in [-0.2, 0) is 11.3 Å². The van der Waals surface area contributed by atoms with Gasteiger partial charge in [0.1, 0.15) is 23.8 Å². The van der Waals surface area contributed by atoms with Crippen LogP contribution in [0.2, 0.25) is 0 Å². The van der Waals surface area contributed by atoms with Crippen molar-refractivity contribution in [3.05, 3.63) is 65.5 Å². The van der Waals surface area contributed by atoms with Gasteiger partial charge in [0, 0.05) is 6.54 Å². The number of carbonyl (C=O) groups is 2. The molecule has 1 amide bonds. The van der Waals surface area contributed by atoms with E-state index < -0.39 is 17.5 Å². The molecule has 140 valence electrons. The fourth-order valence-electron chi connectivity index (χ4n) is 3.76. The van der Waals surface area contributed by atoms with Crippen LogP contribution in [0.3, 0.4) is 0 Å². The largest absolute Gasteiger partial charge is 0.484 e. The van der Waals surface area contributed by atoms with Crippen LogP contribution < -0.4 is 4.74 Å². The molecule has 2 aromatic rings. The number of fused-ring (bicyclic) bond motifs is 1. The first kappa shape index (κ1) is 17.5. The highest BCUT2D eigenvalue weighted by atomic mass is 19.1. The zero-order chi connectivity index (χ0) is 18.9. The number of benzene rings is 2. The fraction of sp³-hybridized carbons (Fsp3) is 0.333. The summed E-state index contributed by atoms with van der Waals surface area (Å²) in [5.74, 6) is -0.237. The Hall–Kier alpha value is -2.89. The number of piperidine rings is 1.